The SMILES string of the molecule is CCCNC(Cc1cccs1)c1cccc(Br)c1Cl. The quantitative estimate of drug-likeness (QED) is 0.724. The first-order valence-corrected chi connectivity index (χ1v) is 8.47. The molecular weight excluding hydrogens is 342 g/mol. The van der Waals surface area contributed by atoms with Crippen molar-refractivity contribution in [3.8, 4) is 0 Å². The van der Waals surface area contributed by atoms with Gasteiger partial charge in [0.15, 0.2) is 0 Å². The molecule has 0 aliphatic carbocycles. The fourth-order valence-electron chi connectivity index (χ4n) is 2.03. The molecule has 0 saturated carbocycles. The summed E-state index contributed by atoms with van der Waals surface area (Å²) in [5, 5.41) is 6.53. The maximum atomic E-state index is 6.42. The lowest BCUT2D eigenvalue weighted by molar-refractivity contribution is 0.532. The number of hydrogen-bond donors (Lipinski definition) is 1. The number of hydrogen-bond acceptors (Lipinski definition) is 2. The van der Waals surface area contributed by atoms with E-state index in [1.807, 2.05) is 12.1 Å². The fraction of sp³-hybridized carbons (Fsp3) is 0.333. The van der Waals surface area contributed by atoms with Crippen LogP contribution in [0.2, 0.25) is 5.02 Å². The van der Waals surface area contributed by atoms with Crippen molar-refractivity contribution in [2.24, 2.45) is 0 Å². The third kappa shape index (κ3) is 4.06. The van der Waals surface area contributed by atoms with E-state index < -0.39 is 0 Å². The Balaban J connectivity index is 2.23. The first-order valence-electron chi connectivity index (χ1n) is 6.42. The van der Waals surface area contributed by atoms with Gasteiger partial charge in [-0.05, 0) is 52.0 Å². The van der Waals surface area contributed by atoms with E-state index in [1.165, 1.54) is 4.88 Å². The van der Waals surface area contributed by atoms with Crippen LogP contribution >= 0.6 is 38.9 Å². The minimum absolute atomic E-state index is 0.267. The molecule has 102 valence electrons. The average molecular weight is 359 g/mol. The van der Waals surface area contributed by atoms with Crippen LogP contribution in [-0.4, -0.2) is 6.54 Å². The molecule has 0 aliphatic heterocycles. The second kappa shape index (κ2) is 7.44. The maximum Gasteiger partial charge on any atom is 0.0595 e. The van der Waals surface area contributed by atoms with Crippen LogP contribution in [0.25, 0.3) is 0 Å². The van der Waals surface area contributed by atoms with Crippen LogP contribution in [0.5, 0.6) is 0 Å². The van der Waals surface area contributed by atoms with Gasteiger partial charge in [0.25, 0.3) is 0 Å². The van der Waals surface area contributed by atoms with Crippen molar-refractivity contribution in [3.05, 3.63) is 55.6 Å². The van der Waals surface area contributed by atoms with Gasteiger partial charge in [-0.15, -0.1) is 11.3 Å². The summed E-state index contributed by atoms with van der Waals surface area (Å²) >= 11 is 11.7. The fourth-order valence-corrected chi connectivity index (χ4v) is 3.42. The smallest absolute Gasteiger partial charge is 0.0595 e. The standard InChI is InChI=1S/C15H17BrClNS/c1-2-8-18-14(10-11-5-4-9-19-11)12-6-3-7-13(16)15(12)17/h3-7,9,14,18H,2,8,10H2,1H3. The van der Waals surface area contributed by atoms with Crippen LogP contribution in [-0.2, 0) is 6.42 Å². The summed E-state index contributed by atoms with van der Waals surface area (Å²) in [5.41, 5.74) is 1.16. The van der Waals surface area contributed by atoms with Crippen LogP contribution in [0.15, 0.2) is 40.2 Å². The Morgan fingerprint density at radius 2 is 2.16 bits per heavy atom. The van der Waals surface area contributed by atoms with E-state index in [0.29, 0.717) is 0 Å². The molecule has 1 aromatic heterocycles. The third-order valence-electron chi connectivity index (χ3n) is 2.98. The number of halogens is 2. The van der Waals surface area contributed by atoms with Crippen LogP contribution in [0, 0.1) is 0 Å². The van der Waals surface area contributed by atoms with Crippen molar-refractivity contribution in [3.63, 3.8) is 0 Å². The highest BCUT2D eigenvalue weighted by Gasteiger charge is 2.16. The number of benzene rings is 1. The Labute approximate surface area is 132 Å². The lowest BCUT2D eigenvalue weighted by atomic mass is 10.0. The molecule has 0 saturated heterocycles. The van der Waals surface area contributed by atoms with Gasteiger partial charge in [-0.3, -0.25) is 0 Å². The molecule has 2 rings (SSSR count). The van der Waals surface area contributed by atoms with Crippen LogP contribution in [0.3, 0.4) is 0 Å². The minimum Gasteiger partial charge on any atom is -0.310 e. The molecular formula is C15H17BrClNS. The van der Waals surface area contributed by atoms with Crippen molar-refractivity contribution in [1.82, 2.24) is 5.32 Å². The van der Waals surface area contributed by atoms with Crippen molar-refractivity contribution in [1.29, 1.82) is 0 Å². The molecule has 0 amide bonds. The second-order valence-corrected chi connectivity index (χ2v) is 6.70. The molecule has 19 heavy (non-hydrogen) atoms. The molecule has 0 bridgehead atoms. The van der Waals surface area contributed by atoms with Crippen molar-refractivity contribution < 1.29 is 0 Å². The lowest BCUT2D eigenvalue weighted by Crippen LogP contribution is -2.24. The number of thiophene rings is 1. The molecule has 1 atom stereocenters. The highest BCUT2D eigenvalue weighted by atomic mass is 79.9. The molecule has 1 nitrogen and oxygen atoms in total. The van der Waals surface area contributed by atoms with Crippen LogP contribution < -0.4 is 5.32 Å². The van der Waals surface area contributed by atoms with Gasteiger partial charge in [0.05, 0.1) is 5.02 Å². The second-order valence-electron chi connectivity index (χ2n) is 4.43. The summed E-state index contributed by atoms with van der Waals surface area (Å²) in [5.74, 6) is 0. The zero-order chi connectivity index (χ0) is 13.7. The zero-order valence-corrected chi connectivity index (χ0v) is 14.0. The number of rotatable bonds is 6. The highest BCUT2D eigenvalue weighted by Crippen LogP contribution is 2.32. The monoisotopic (exact) mass is 357 g/mol. The van der Waals surface area contributed by atoms with Crippen LogP contribution in [0.1, 0.15) is 29.8 Å². The van der Waals surface area contributed by atoms with Crippen LogP contribution in [0.4, 0.5) is 0 Å². The van der Waals surface area contributed by atoms with Gasteiger partial charge in [0.2, 0.25) is 0 Å². The third-order valence-corrected chi connectivity index (χ3v) is 5.19. The minimum atomic E-state index is 0.267. The van der Waals surface area contributed by atoms with E-state index in [2.05, 4.69) is 51.7 Å². The van der Waals surface area contributed by atoms with Crippen molar-refractivity contribution in [2.75, 3.05) is 6.54 Å². The first kappa shape index (κ1) is 15.0. The molecule has 1 unspecified atom stereocenters. The topological polar surface area (TPSA) is 12.0 Å². The van der Waals surface area contributed by atoms with Crippen molar-refractivity contribution in [2.45, 2.75) is 25.8 Å². The van der Waals surface area contributed by atoms with Gasteiger partial charge < -0.3 is 5.32 Å². The molecule has 0 aliphatic rings. The molecule has 0 radical (unpaired) electrons. The molecule has 0 fully saturated rings. The Bertz CT molecular complexity index is 513. The Hall–Kier alpha value is -0.350. The molecule has 1 aromatic carbocycles. The summed E-state index contributed by atoms with van der Waals surface area (Å²) in [7, 11) is 0. The van der Waals surface area contributed by atoms with E-state index in [-0.39, 0.29) is 6.04 Å². The van der Waals surface area contributed by atoms with Gasteiger partial charge in [-0.25, -0.2) is 0 Å². The predicted molar refractivity (Wildman–Crippen MR) is 88.2 cm³/mol. The largest absolute Gasteiger partial charge is 0.310 e. The molecule has 0 spiro atoms. The zero-order valence-electron chi connectivity index (χ0n) is 10.8. The number of nitrogens with one attached hydrogen (secondary N) is 1. The molecule has 1 heterocycles. The first-order chi connectivity index (χ1) is 9.22. The summed E-state index contributed by atoms with van der Waals surface area (Å²) < 4.78 is 0.959. The molecule has 2 aromatic rings. The Morgan fingerprint density at radius 1 is 1.32 bits per heavy atom. The summed E-state index contributed by atoms with van der Waals surface area (Å²) in [6.45, 7) is 3.18. The van der Waals surface area contributed by atoms with E-state index in [9.17, 15) is 0 Å². The summed E-state index contributed by atoms with van der Waals surface area (Å²) in [4.78, 5) is 1.38. The summed E-state index contributed by atoms with van der Waals surface area (Å²) in [6.07, 6.45) is 2.10. The normalized spacial score (nSPS) is 12.6. The Morgan fingerprint density at radius 3 is 2.84 bits per heavy atom. The summed E-state index contributed by atoms with van der Waals surface area (Å²) in [6, 6.07) is 10.7. The predicted octanol–water partition coefficient (Wildman–Crippen LogP) is 5.45. The average Bonchev–Trinajstić information content (AvgIpc) is 2.91. The molecule has 1 N–H and O–H groups in total. The van der Waals surface area contributed by atoms with Gasteiger partial charge in [-0.2, -0.15) is 0 Å². The maximum absolute atomic E-state index is 6.42. The van der Waals surface area contributed by atoms with Gasteiger partial charge in [0.1, 0.15) is 0 Å². The van der Waals surface area contributed by atoms with Gasteiger partial charge in [0, 0.05) is 21.8 Å². The van der Waals surface area contributed by atoms with E-state index in [1.54, 1.807) is 11.3 Å². The highest BCUT2D eigenvalue weighted by molar-refractivity contribution is 9.10. The lowest BCUT2D eigenvalue weighted by Gasteiger charge is -2.20. The van der Waals surface area contributed by atoms with Gasteiger partial charge in [-0.1, -0.05) is 36.7 Å². The molecule has 4 heteroatoms. The van der Waals surface area contributed by atoms with E-state index >= 15 is 0 Å². The van der Waals surface area contributed by atoms with Gasteiger partial charge >= 0.3 is 0 Å². The van der Waals surface area contributed by atoms with E-state index in [0.717, 1.165) is 34.4 Å². The van der Waals surface area contributed by atoms with E-state index in [4.69, 9.17) is 11.6 Å². The Kier molecular flexibility index (Phi) is 5.89. The van der Waals surface area contributed by atoms with Crippen molar-refractivity contribution >= 4 is 38.9 Å².